The summed E-state index contributed by atoms with van der Waals surface area (Å²) in [6, 6.07) is 7.11. The fourth-order valence-corrected chi connectivity index (χ4v) is 2.30. The lowest BCUT2D eigenvalue weighted by Crippen LogP contribution is -2.19. The van der Waals surface area contributed by atoms with Crippen LogP contribution in [-0.4, -0.2) is 0 Å². The van der Waals surface area contributed by atoms with Crippen molar-refractivity contribution in [2.24, 2.45) is 5.73 Å². The first-order valence-corrected chi connectivity index (χ1v) is 5.87. The number of rotatable bonds is 0. The van der Waals surface area contributed by atoms with E-state index in [1.165, 1.54) is 29.5 Å². The van der Waals surface area contributed by atoms with Gasteiger partial charge in [-0.2, -0.15) is 0 Å². The third-order valence-electron chi connectivity index (χ3n) is 3.37. The third-order valence-corrected chi connectivity index (χ3v) is 3.37. The highest BCUT2D eigenvalue weighted by molar-refractivity contribution is 5.85. The molecule has 1 atom stereocenters. The minimum absolute atomic E-state index is 0. The largest absolute Gasteiger partial charge is 0.324 e. The summed E-state index contributed by atoms with van der Waals surface area (Å²) in [7, 11) is 0. The van der Waals surface area contributed by atoms with Crippen molar-refractivity contribution in [1.29, 1.82) is 0 Å². The van der Waals surface area contributed by atoms with Gasteiger partial charge in [0.1, 0.15) is 0 Å². The summed E-state index contributed by atoms with van der Waals surface area (Å²) in [5.74, 6) is 0. The standard InChI is InChI=1S/C14H21N.ClH/c1-14(2,3)11-8-7-10-5-4-6-13(15)12(10)9-11;/h7-9,13H,4-6,15H2,1-3H3;1H/t13-;/m0./s1. The van der Waals surface area contributed by atoms with Crippen LogP contribution in [0.2, 0.25) is 0 Å². The van der Waals surface area contributed by atoms with Crippen LogP contribution in [0.25, 0.3) is 0 Å². The topological polar surface area (TPSA) is 26.0 Å². The van der Waals surface area contributed by atoms with E-state index in [0.717, 1.165) is 6.42 Å². The molecule has 0 saturated heterocycles. The Balaban J connectivity index is 0.00000128. The molecule has 0 spiro atoms. The van der Waals surface area contributed by atoms with E-state index in [2.05, 4.69) is 39.0 Å². The maximum atomic E-state index is 6.16. The van der Waals surface area contributed by atoms with E-state index in [4.69, 9.17) is 5.73 Å². The molecule has 90 valence electrons. The Morgan fingerprint density at radius 1 is 1.25 bits per heavy atom. The molecule has 1 nitrogen and oxygen atoms in total. The van der Waals surface area contributed by atoms with Crippen LogP contribution in [-0.2, 0) is 11.8 Å². The summed E-state index contributed by atoms with van der Waals surface area (Å²) in [5, 5.41) is 0. The summed E-state index contributed by atoms with van der Waals surface area (Å²) >= 11 is 0. The number of hydrogen-bond acceptors (Lipinski definition) is 1. The first-order chi connectivity index (χ1) is 6.98. The van der Waals surface area contributed by atoms with E-state index in [-0.39, 0.29) is 23.9 Å². The molecule has 0 aliphatic heterocycles. The Kier molecular flexibility index (Phi) is 4.03. The van der Waals surface area contributed by atoms with Gasteiger partial charge in [-0.3, -0.25) is 0 Å². The Morgan fingerprint density at radius 3 is 2.56 bits per heavy atom. The molecule has 2 rings (SSSR count). The highest BCUT2D eigenvalue weighted by Gasteiger charge is 2.20. The SMILES string of the molecule is CC(C)(C)c1ccc2c(c1)[C@@H](N)CCC2.Cl. The van der Waals surface area contributed by atoms with E-state index in [9.17, 15) is 0 Å². The molecule has 2 heteroatoms. The molecule has 0 fully saturated rings. The monoisotopic (exact) mass is 239 g/mol. The fraction of sp³-hybridized carbons (Fsp3) is 0.571. The average molecular weight is 240 g/mol. The van der Waals surface area contributed by atoms with Crippen LogP contribution in [0.3, 0.4) is 0 Å². The minimum atomic E-state index is 0. The molecule has 2 N–H and O–H groups in total. The molecule has 0 aromatic heterocycles. The molecular formula is C14H22ClN. The molecule has 1 aromatic rings. The van der Waals surface area contributed by atoms with Crippen molar-refractivity contribution in [3.05, 3.63) is 34.9 Å². The first-order valence-electron chi connectivity index (χ1n) is 5.87. The van der Waals surface area contributed by atoms with Crippen LogP contribution in [0, 0.1) is 0 Å². The van der Waals surface area contributed by atoms with Crippen molar-refractivity contribution in [2.75, 3.05) is 0 Å². The minimum Gasteiger partial charge on any atom is -0.324 e. The fourth-order valence-electron chi connectivity index (χ4n) is 2.30. The maximum Gasteiger partial charge on any atom is 0.0297 e. The number of fused-ring (bicyclic) bond motifs is 1. The molecule has 0 amide bonds. The van der Waals surface area contributed by atoms with Gasteiger partial charge in [0, 0.05) is 6.04 Å². The third kappa shape index (κ3) is 2.58. The maximum absolute atomic E-state index is 6.16. The summed E-state index contributed by atoms with van der Waals surface area (Å²) in [6.45, 7) is 6.76. The van der Waals surface area contributed by atoms with Gasteiger partial charge in [0.05, 0.1) is 0 Å². The van der Waals surface area contributed by atoms with E-state index in [1.807, 2.05) is 0 Å². The quantitative estimate of drug-likeness (QED) is 0.733. The van der Waals surface area contributed by atoms with Crippen LogP contribution in [0.5, 0.6) is 0 Å². The molecule has 1 aliphatic rings. The molecular weight excluding hydrogens is 218 g/mol. The van der Waals surface area contributed by atoms with Gasteiger partial charge in [0.2, 0.25) is 0 Å². The van der Waals surface area contributed by atoms with Gasteiger partial charge in [-0.15, -0.1) is 12.4 Å². The van der Waals surface area contributed by atoms with Crippen molar-refractivity contribution in [3.8, 4) is 0 Å². The first kappa shape index (κ1) is 13.5. The van der Waals surface area contributed by atoms with Crippen LogP contribution < -0.4 is 5.73 Å². The average Bonchev–Trinajstić information content (AvgIpc) is 2.16. The Labute approximate surface area is 105 Å². The van der Waals surface area contributed by atoms with Gasteiger partial charge in [0.25, 0.3) is 0 Å². The molecule has 0 unspecified atom stereocenters. The number of hydrogen-bond donors (Lipinski definition) is 1. The van der Waals surface area contributed by atoms with Crippen LogP contribution in [0.15, 0.2) is 18.2 Å². The Hall–Kier alpha value is -0.530. The van der Waals surface area contributed by atoms with E-state index in [1.54, 1.807) is 0 Å². The zero-order valence-electron chi connectivity index (χ0n) is 10.4. The molecule has 0 radical (unpaired) electrons. The number of aryl methyl sites for hydroxylation is 1. The van der Waals surface area contributed by atoms with Crippen molar-refractivity contribution < 1.29 is 0 Å². The lowest BCUT2D eigenvalue weighted by Gasteiger charge is -2.26. The summed E-state index contributed by atoms with van der Waals surface area (Å²) in [5.41, 5.74) is 10.6. The Morgan fingerprint density at radius 2 is 1.94 bits per heavy atom. The highest BCUT2D eigenvalue weighted by Crippen LogP contribution is 2.32. The van der Waals surface area contributed by atoms with E-state index >= 15 is 0 Å². The number of nitrogens with two attached hydrogens (primary N) is 1. The van der Waals surface area contributed by atoms with Gasteiger partial charge in [-0.05, 0) is 41.4 Å². The second kappa shape index (κ2) is 4.77. The summed E-state index contributed by atoms with van der Waals surface area (Å²) < 4.78 is 0. The highest BCUT2D eigenvalue weighted by atomic mass is 35.5. The van der Waals surface area contributed by atoms with Crippen molar-refractivity contribution in [2.45, 2.75) is 51.5 Å². The molecule has 1 aromatic carbocycles. The van der Waals surface area contributed by atoms with E-state index in [0.29, 0.717) is 0 Å². The predicted molar refractivity (Wildman–Crippen MR) is 72.3 cm³/mol. The molecule has 1 aliphatic carbocycles. The van der Waals surface area contributed by atoms with Crippen LogP contribution in [0.1, 0.15) is 56.3 Å². The summed E-state index contributed by atoms with van der Waals surface area (Å²) in [4.78, 5) is 0. The Bertz CT molecular complexity index is 365. The van der Waals surface area contributed by atoms with Gasteiger partial charge in [-0.25, -0.2) is 0 Å². The summed E-state index contributed by atoms with van der Waals surface area (Å²) in [6.07, 6.45) is 3.58. The molecule has 0 saturated carbocycles. The van der Waals surface area contributed by atoms with Gasteiger partial charge in [-0.1, -0.05) is 39.0 Å². The molecule has 16 heavy (non-hydrogen) atoms. The molecule has 0 heterocycles. The predicted octanol–water partition coefficient (Wildman–Crippen LogP) is 3.74. The van der Waals surface area contributed by atoms with Crippen molar-refractivity contribution in [1.82, 2.24) is 0 Å². The van der Waals surface area contributed by atoms with Gasteiger partial charge >= 0.3 is 0 Å². The van der Waals surface area contributed by atoms with Crippen LogP contribution >= 0.6 is 12.4 Å². The molecule has 0 bridgehead atoms. The van der Waals surface area contributed by atoms with Crippen molar-refractivity contribution in [3.63, 3.8) is 0 Å². The lowest BCUT2D eigenvalue weighted by molar-refractivity contribution is 0.557. The smallest absolute Gasteiger partial charge is 0.0297 e. The lowest BCUT2D eigenvalue weighted by atomic mass is 9.81. The van der Waals surface area contributed by atoms with Gasteiger partial charge < -0.3 is 5.73 Å². The normalized spacial score (nSPS) is 19.9. The second-order valence-corrected chi connectivity index (χ2v) is 5.66. The van der Waals surface area contributed by atoms with Crippen LogP contribution in [0.4, 0.5) is 0 Å². The number of benzene rings is 1. The van der Waals surface area contributed by atoms with E-state index < -0.39 is 0 Å². The van der Waals surface area contributed by atoms with Gasteiger partial charge in [0.15, 0.2) is 0 Å². The number of halogens is 1. The zero-order chi connectivity index (χ0) is 11.1. The second-order valence-electron chi connectivity index (χ2n) is 5.66. The zero-order valence-corrected chi connectivity index (χ0v) is 11.2. The van der Waals surface area contributed by atoms with Crippen molar-refractivity contribution >= 4 is 12.4 Å².